The molecule has 0 amide bonds. The molecule has 0 spiro atoms. The standard InChI is InChI=1S/C10H15N3O2S/c1-13-4-3-7(6-13)12-10-11-5-8(16-10)9(14)15-2/h5,7H,3-4,6H2,1-2H3,(H,11,12). The number of carbonyl (C=O) groups excluding carboxylic acids is 1. The first kappa shape index (κ1) is 11.3. The lowest BCUT2D eigenvalue weighted by Gasteiger charge is -2.10. The van der Waals surface area contributed by atoms with Gasteiger partial charge in [-0.05, 0) is 20.0 Å². The fourth-order valence-electron chi connectivity index (χ4n) is 1.76. The molecule has 2 heterocycles. The molecule has 1 fully saturated rings. The van der Waals surface area contributed by atoms with Crippen LogP contribution in [0.3, 0.4) is 0 Å². The van der Waals surface area contributed by atoms with E-state index >= 15 is 0 Å². The van der Waals surface area contributed by atoms with Crippen LogP contribution in [0.1, 0.15) is 16.1 Å². The van der Waals surface area contributed by atoms with Crippen molar-refractivity contribution in [2.75, 3.05) is 32.6 Å². The van der Waals surface area contributed by atoms with Crippen molar-refractivity contribution in [3.63, 3.8) is 0 Å². The number of hydrogen-bond acceptors (Lipinski definition) is 6. The lowest BCUT2D eigenvalue weighted by molar-refractivity contribution is 0.0606. The van der Waals surface area contributed by atoms with Crippen LogP contribution in [-0.4, -0.2) is 49.1 Å². The van der Waals surface area contributed by atoms with Crippen LogP contribution < -0.4 is 5.32 Å². The molecule has 5 nitrogen and oxygen atoms in total. The van der Waals surface area contributed by atoms with Crippen molar-refractivity contribution in [1.29, 1.82) is 0 Å². The van der Waals surface area contributed by atoms with Gasteiger partial charge < -0.3 is 15.0 Å². The summed E-state index contributed by atoms with van der Waals surface area (Å²) in [5.74, 6) is -0.325. The van der Waals surface area contributed by atoms with E-state index in [4.69, 9.17) is 0 Å². The molecule has 0 aliphatic carbocycles. The van der Waals surface area contributed by atoms with E-state index in [1.165, 1.54) is 18.4 Å². The number of thiazole rings is 1. The number of methoxy groups -OCH3 is 1. The fourth-order valence-corrected chi connectivity index (χ4v) is 2.57. The van der Waals surface area contributed by atoms with E-state index < -0.39 is 0 Å². The number of aromatic nitrogens is 1. The minimum Gasteiger partial charge on any atom is -0.465 e. The zero-order valence-electron chi connectivity index (χ0n) is 9.40. The van der Waals surface area contributed by atoms with Gasteiger partial charge in [0.2, 0.25) is 0 Å². The van der Waals surface area contributed by atoms with Gasteiger partial charge in [0.25, 0.3) is 0 Å². The Hall–Kier alpha value is -1.14. The largest absolute Gasteiger partial charge is 0.465 e. The molecular formula is C10H15N3O2S. The van der Waals surface area contributed by atoms with Gasteiger partial charge in [0.1, 0.15) is 4.88 Å². The number of hydrogen-bond donors (Lipinski definition) is 1. The summed E-state index contributed by atoms with van der Waals surface area (Å²) >= 11 is 1.34. The number of likely N-dealkylation sites (tertiary alicyclic amines) is 1. The number of nitrogens with zero attached hydrogens (tertiary/aromatic N) is 2. The molecule has 6 heteroatoms. The predicted molar refractivity (Wildman–Crippen MR) is 63.0 cm³/mol. The van der Waals surface area contributed by atoms with E-state index in [1.54, 1.807) is 6.20 Å². The molecule has 1 N–H and O–H groups in total. The minimum absolute atomic E-state index is 0.325. The van der Waals surface area contributed by atoms with Crippen molar-refractivity contribution < 1.29 is 9.53 Å². The molecule has 1 atom stereocenters. The molecule has 88 valence electrons. The lowest BCUT2D eigenvalue weighted by atomic mass is 10.3. The van der Waals surface area contributed by atoms with Gasteiger partial charge >= 0.3 is 5.97 Å². The van der Waals surface area contributed by atoms with Crippen LogP contribution in [0.4, 0.5) is 5.13 Å². The number of nitrogens with one attached hydrogen (secondary N) is 1. The molecule has 1 aromatic heterocycles. The summed E-state index contributed by atoms with van der Waals surface area (Å²) in [4.78, 5) is 18.2. The Kier molecular flexibility index (Phi) is 3.40. The third-order valence-corrected chi connectivity index (χ3v) is 3.52. The minimum atomic E-state index is -0.325. The number of likely N-dealkylation sites (N-methyl/N-ethyl adjacent to an activating group) is 1. The topological polar surface area (TPSA) is 54.5 Å². The Labute approximate surface area is 98.4 Å². The van der Waals surface area contributed by atoms with E-state index in [-0.39, 0.29) is 5.97 Å². The predicted octanol–water partition coefficient (Wildman–Crippen LogP) is 1.05. The Morgan fingerprint density at radius 1 is 1.75 bits per heavy atom. The molecular weight excluding hydrogens is 226 g/mol. The van der Waals surface area contributed by atoms with Gasteiger partial charge in [-0.2, -0.15) is 0 Å². The van der Waals surface area contributed by atoms with E-state index in [0.717, 1.165) is 24.6 Å². The summed E-state index contributed by atoms with van der Waals surface area (Å²) in [5, 5.41) is 4.12. The van der Waals surface area contributed by atoms with Crippen LogP contribution in [0.5, 0.6) is 0 Å². The maximum atomic E-state index is 11.2. The van der Waals surface area contributed by atoms with Crippen molar-refractivity contribution >= 4 is 22.4 Å². The third kappa shape index (κ3) is 2.51. The lowest BCUT2D eigenvalue weighted by Crippen LogP contribution is -2.23. The summed E-state index contributed by atoms with van der Waals surface area (Å²) in [5.41, 5.74) is 0. The Balaban J connectivity index is 1.95. The van der Waals surface area contributed by atoms with Crippen molar-refractivity contribution in [3.8, 4) is 0 Å². The first-order valence-electron chi connectivity index (χ1n) is 5.18. The SMILES string of the molecule is COC(=O)c1cnc(NC2CCN(C)C2)s1. The molecule has 0 aromatic carbocycles. The highest BCUT2D eigenvalue weighted by atomic mass is 32.1. The highest BCUT2D eigenvalue weighted by Gasteiger charge is 2.20. The molecule has 1 aromatic rings. The maximum Gasteiger partial charge on any atom is 0.349 e. The summed E-state index contributed by atoms with van der Waals surface area (Å²) in [6.07, 6.45) is 2.67. The molecule has 1 saturated heterocycles. The van der Waals surface area contributed by atoms with Crippen LogP contribution in [0.2, 0.25) is 0 Å². The fraction of sp³-hybridized carbons (Fsp3) is 0.600. The second-order valence-electron chi connectivity index (χ2n) is 3.91. The van der Waals surface area contributed by atoms with Gasteiger partial charge in [-0.3, -0.25) is 0 Å². The average molecular weight is 241 g/mol. The van der Waals surface area contributed by atoms with Crippen molar-refractivity contribution in [2.45, 2.75) is 12.5 Å². The number of carbonyl (C=O) groups is 1. The monoisotopic (exact) mass is 241 g/mol. The van der Waals surface area contributed by atoms with Crippen LogP contribution in [0.25, 0.3) is 0 Å². The summed E-state index contributed by atoms with van der Waals surface area (Å²) < 4.78 is 4.63. The number of esters is 1. The normalized spacial score (nSPS) is 21.0. The van der Waals surface area contributed by atoms with Gasteiger partial charge in [0, 0.05) is 12.6 Å². The highest BCUT2D eigenvalue weighted by molar-refractivity contribution is 7.17. The maximum absolute atomic E-state index is 11.2. The van der Waals surface area contributed by atoms with E-state index in [0.29, 0.717) is 10.9 Å². The van der Waals surface area contributed by atoms with E-state index in [9.17, 15) is 4.79 Å². The quantitative estimate of drug-likeness (QED) is 0.802. The highest BCUT2D eigenvalue weighted by Crippen LogP contribution is 2.21. The van der Waals surface area contributed by atoms with Crippen LogP contribution in [0, 0.1) is 0 Å². The van der Waals surface area contributed by atoms with E-state index in [1.807, 2.05) is 0 Å². The second-order valence-corrected chi connectivity index (χ2v) is 4.94. The number of ether oxygens (including phenoxy) is 1. The number of rotatable bonds is 3. The molecule has 2 rings (SSSR count). The van der Waals surface area contributed by atoms with Crippen LogP contribution in [-0.2, 0) is 4.74 Å². The van der Waals surface area contributed by atoms with Gasteiger partial charge in [-0.15, -0.1) is 0 Å². The molecule has 0 saturated carbocycles. The van der Waals surface area contributed by atoms with Crippen molar-refractivity contribution in [2.24, 2.45) is 0 Å². The Morgan fingerprint density at radius 3 is 3.19 bits per heavy atom. The molecule has 1 aliphatic heterocycles. The molecule has 1 unspecified atom stereocenters. The zero-order chi connectivity index (χ0) is 11.5. The van der Waals surface area contributed by atoms with Gasteiger partial charge in [-0.25, -0.2) is 9.78 Å². The van der Waals surface area contributed by atoms with Crippen molar-refractivity contribution in [3.05, 3.63) is 11.1 Å². The molecule has 0 radical (unpaired) electrons. The molecule has 0 bridgehead atoms. The zero-order valence-corrected chi connectivity index (χ0v) is 10.2. The van der Waals surface area contributed by atoms with Crippen LogP contribution >= 0.6 is 11.3 Å². The summed E-state index contributed by atoms with van der Waals surface area (Å²) in [6, 6.07) is 0.432. The van der Waals surface area contributed by atoms with Gasteiger partial charge in [-0.1, -0.05) is 11.3 Å². The second kappa shape index (κ2) is 4.80. The first-order valence-corrected chi connectivity index (χ1v) is 6.00. The average Bonchev–Trinajstić information content (AvgIpc) is 2.87. The Morgan fingerprint density at radius 2 is 2.56 bits per heavy atom. The first-order chi connectivity index (χ1) is 7.69. The number of anilines is 1. The van der Waals surface area contributed by atoms with Crippen LogP contribution in [0.15, 0.2) is 6.20 Å². The summed E-state index contributed by atoms with van der Waals surface area (Å²) in [6.45, 7) is 2.13. The molecule has 16 heavy (non-hydrogen) atoms. The van der Waals surface area contributed by atoms with Gasteiger partial charge in [0.15, 0.2) is 5.13 Å². The smallest absolute Gasteiger partial charge is 0.349 e. The van der Waals surface area contributed by atoms with Crippen molar-refractivity contribution in [1.82, 2.24) is 9.88 Å². The third-order valence-electron chi connectivity index (χ3n) is 2.61. The molecule has 1 aliphatic rings. The summed E-state index contributed by atoms with van der Waals surface area (Å²) in [7, 11) is 3.48. The van der Waals surface area contributed by atoms with Gasteiger partial charge in [0.05, 0.1) is 13.3 Å². The van der Waals surface area contributed by atoms with E-state index in [2.05, 4.69) is 27.0 Å². The Bertz CT molecular complexity index is 380.